The van der Waals surface area contributed by atoms with Gasteiger partial charge in [-0.15, -0.1) is 0 Å². The van der Waals surface area contributed by atoms with Gasteiger partial charge < -0.3 is 9.30 Å². The molecule has 0 spiro atoms. The molecule has 0 saturated heterocycles. The van der Waals surface area contributed by atoms with Crippen LogP contribution in [0.1, 0.15) is 16.7 Å². The lowest BCUT2D eigenvalue weighted by molar-refractivity contribution is -0.143. The van der Waals surface area contributed by atoms with E-state index in [9.17, 15) is 31.1 Å². The summed E-state index contributed by atoms with van der Waals surface area (Å²) in [5.41, 5.74) is -2.69. The van der Waals surface area contributed by atoms with Crippen molar-refractivity contribution in [3.8, 4) is 16.9 Å². The number of hydrogen-bond donors (Lipinski definition) is 0. The molecule has 35 heavy (non-hydrogen) atoms. The Morgan fingerprint density at radius 2 is 1.46 bits per heavy atom. The largest absolute Gasteiger partial charge is 0.491 e. The van der Waals surface area contributed by atoms with Crippen LogP contribution in [0.25, 0.3) is 22.0 Å². The van der Waals surface area contributed by atoms with Crippen molar-refractivity contribution in [1.82, 2.24) is 4.57 Å². The molecule has 0 saturated carbocycles. The maximum atomic E-state index is 13.4. The highest BCUT2D eigenvalue weighted by molar-refractivity contribution is 6.31. The van der Waals surface area contributed by atoms with E-state index in [4.69, 9.17) is 16.3 Å². The lowest BCUT2D eigenvalue weighted by Gasteiger charge is -2.19. The monoisotopic (exact) mass is 511 g/mol. The number of halogens is 7. The van der Waals surface area contributed by atoms with Gasteiger partial charge in [0.05, 0.1) is 30.3 Å². The van der Waals surface area contributed by atoms with Gasteiger partial charge in [0.1, 0.15) is 0 Å². The molecular formula is C25H16ClF6NO2. The fourth-order valence-corrected chi connectivity index (χ4v) is 4.11. The second-order valence-electron chi connectivity index (χ2n) is 7.74. The third kappa shape index (κ3) is 4.86. The van der Waals surface area contributed by atoms with Crippen LogP contribution in [-0.2, 0) is 18.9 Å². The van der Waals surface area contributed by atoms with E-state index in [0.717, 1.165) is 4.57 Å². The van der Waals surface area contributed by atoms with Gasteiger partial charge in [0.25, 0.3) is 5.56 Å². The maximum absolute atomic E-state index is 13.4. The van der Waals surface area contributed by atoms with Crippen molar-refractivity contribution in [3.05, 3.63) is 98.8 Å². The molecular weight excluding hydrogens is 496 g/mol. The Bertz CT molecular complexity index is 1430. The number of hydrogen-bond acceptors (Lipinski definition) is 2. The first kappa shape index (κ1) is 24.7. The highest BCUT2D eigenvalue weighted by atomic mass is 35.5. The van der Waals surface area contributed by atoms with Crippen LogP contribution in [0.5, 0.6) is 5.75 Å². The molecule has 0 atom stereocenters. The number of fused-ring (bicyclic) bond motifs is 1. The summed E-state index contributed by atoms with van der Waals surface area (Å²) < 4.78 is 86.5. The molecule has 0 amide bonds. The summed E-state index contributed by atoms with van der Waals surface area (Å²) in [6.07, 6.45) is -10.0. The normalized spacial score (nSPS) is 12.2. The Balaban J connectivity index is 2.01. The average molecular weight is 512 g/mol. The molecule has 4 rings (SSSR count). The van der Waals surface area contributed by atoms with Gasteiger partial charge in [0, 0.05) is 16.0 Å². The number of benzene rings is 3. The Kier molecular flexibility index (Phi) is 6.31. The van der Waals surface area contributed by atoms with Gasteiger partial charge in [-0.25, -0.2) is 0 Å². The molecule has 1 heterocycles. The van der Waals surface area contributed by atoms with Crippen molar-refractivity contribution in [2.24, 2.45) is 0 Å². The Morgan fingerprint density at radius 1 is 0.857 bits per heavy atom. The number of ether oxygens (including phenoxy) is 1. The molecule has 0 aliphatic heterocycles. The van der Waals surface area contributed by atoms with Gasteiger partial charge in [0.2, 0.25) is 0 Å². The van der Waals surface area contributed by atoms with Gasteiger partial charge in [-0.3, -0.25) is 4.79 Å². The minimum Gasteiger partial charge on any atom is -0.491 e. The first-order valence-electron chi connectivity index (χ1n) is 10.1. The number of methoxy groups -OCH3 is 1. The summed E-state index contributed by atoms with van der Waals surface area (Å²) in [6.45, 7) is -0.560. The molecule has 0 unspecified atom stereocenters. The van der Waals surface area contributed by atoms with Crippen LogP contribution in [0, 0.1) is 0 Å². The predicted octanol–water partition coefficient (Wildman–Crippen LogP) is 7.42. The highest BCUT2D eigenvalue weighted by Gasteiger charge is 2.37. The molecule has 0 N–H and O–H groups in total. The quantitative estimate of drug-likeness (QED) is 0.267. The number of aromatic nitrogens is 1. The predicted molar refractivity (Wildman–Crippen MR) is 121 cm³/mol. The van der Waals surface area contributed by atoms with E-state index < -0.39 is 35.6 Å². The lowest BCUT2D eigenvalue weighted by atomic mass is 9.99. The van der Waals surface area contributed by atoms with E-state index in [1.165, 1.54) is 19.2 Å². The second kappa shape index (κ2) is 8.96. The molecule has 0 bridgehead atoms. The van der Waals surface area contributed by atoms with E-state index in [1.807, 2.05) is 0 Å². The summed E-state index contributed by atoms with van der Waals surface area (Å²) >= 11 is 6.19. The van der Waals surface area contributed by atoms with Gasteiger partial charge >= 0.3 is 12.4 Å². The minimum atomic E-state index is -5.01. The molecule has 4 aromatic rings. The third-order valence-corrected chi connectivity index (χ3v) is 5.68. The van der Waals surface area contributed by atoms with E-state index >= 15 is 0 Å². The number of pyridine rings is 1. The van der Waals surface area contributed by atoms with Crippen LogP contribution in [0.2, 0.25) is 5.02 Å². The van der Waals surface area contributed by atoms with Crippen molar-refractivity contribution in [1.29, 1.82) is 0 Å². The fourth-order valence-electron chi connectivity index (χ4n) is 3.94. The van der Waals surface area contributed by atoms with E-state index in [1.54, 1.807) is 36.4 Å². The summed E-state index contributed by atoms with van der Waals surface area (Å²) in [6, 6.07) is 14.5. The van der Waals surface area contributed by atoms with Crippen LogP contribution >= 0.6 is 11.6 Å². The molecule has 0 fully saturated rings. The molecule has 3 nitrogen and oxygen atoms in total. The van der Waals surface area contributed by atoms with Gasteiger partial charge in [-0.1, -0.05) is 41.9 Å². The van der Waals surface area contributed by atoms with Crippen molar-refractivity contribution >= 4 is 22.5 Å². The summed E-state index contributed by atoms with van der Waals surface area (Å²) in [5, 5.41) is 0.767. The van der Waals surface area contributed by atoms with Gasteiger partial charge in [-0.05, 0) is 47.5 Å². The van der Waals surface area contributed by atoms with Crippen molar-refractivity contribution in [3.63, 3.8) is 0 Å². The zero-order chi connectivity index (χ0) is 25.5. The topological polar surface area (TPSA) is 31.2 Å². The highest BCUT2D eigenvalue weighted by Crippen LogP contribution is 2.38. The van der Waals surface area contributed by atoms with Crippen LogP contribution < -0.4 is 10.3 Å². The van der Waals surface area contributed by atoms with Crippen molar-refractivity contribution in [2.75, 3.05) is 7.11 Å². The Labute approximate surface area is 200 Å². The van der Waals surface area contributed by atoms with Gasteiger partial charge in [0.15, 0.2) is 5.75 Å². The minimum absolute atomic E-state index is 0.0449. The average Bonchev–Trinajstić information content (AvgIpc) is 2.79. The molecule has 10 heteroatoms. The molecule has 0 radical (unpaired) electrons. The van der Waals surface area contributed by atoms with Crippen molar-refractivity contribution < 1.29 is 31.1 Å². The zero-order valence-electron chi connectivity index (χ0n) is 18.0. The maximum Gasteiger partial charge on any atom is 0.416 e. The summed E-state index contributed by atoms with van der Waals surface area (Å²) in [4.78, 5) is 13.4. The van der Waals surface area contributed by atoms with Crippen LogP contribution in [-0.4, -0.2) is 11.7 Å². The van der Waals surface area contributed by atoms with Gasteiger partial charge in [-0.2, -0.15) is 26.3 Å². The zero-order valence-corrected chi connectivity index (χ0v) is 18.7. The molecule has 0 aliphatic rings. The van der Waals surface area contributed by atoms with Crippen LogP contribution in [0.4, 0.5) is 26.3 Å². The van der Waals surface area contributed by atoms with E-state index in [2.05, 4.69) is 0 Å². The van der Waals surface area contributed by atoms with Crippen LogP contribution in [0.3, 0.4) is 0 Å². The number of rotatable bonds is 4. The Hall–Kier alpha value is -3.46. The first-order chi connectivity index (χ1) is 16.4. The SMILES string of the molecule is COc1c(-c2ccccc2)c2cc(Cl)ccc2n(Cc2cc(C(F)(F)F)cc(C(F)(F)F)c2)c1=O. The van der Waals surface area contributed by atoms with Crippen molar-refractivity contribution in [2.45, 2.75) is 18.9 Å². The Morgan fingerprint density at radius 3 is 2.00 bits per heavy atom. The van der Waals surface area contributed by atoms with E-state index in [0.29, 0.717) is 33.7 Å². The smallest absolute Gasteiger partial charge is 0.416 e. The molecule has 1 aromatic heterocycles. The summed E-state index contributed by atoms with van der Waals surface area (Å²) in [7, 11) is 1.26. The standard InChI is InChI=1S/C25H16ClF6NO2/c1-35-22-21(15-5-3-2-4-6-15)19-12-18(26)7-8-20(19)33(23(22)34)13-14-9-16(24(27,28)29)11-17(10-14)25(30,31)32/h2-12H,13H2,1H3. The fraction of sp³-hybridized carbons (Fsp3) is 0.160. The summed E-state index contributed by atoms with van der Waals surface area (Å²) in [5.74, 6) is -0.117. The second-order valence-corrected chi connectivity index (χ2v) is 8.18. The van der Waals surface area contributed by atoms with Crippen LogP contribution in [0.15, 0.2) is 71.5 Å². The number of nitrogens with zero attached hydrogens (tertiary/aromatic N) is 1. The number of alkyl halides is 6. The lowest BCUT2D eigenvalue weighted by Crippen LogP contribution is -2.24. The molecule has 0 aliphatic carbocycles. The molecule has 3 aromatic carbocycles. The molecule has 182 valence electrons. The first-order valence-corrected chi connectivity index (χ1v) is 10.5. The third-order valence-electron chi connectivity index (χ3n) is 5.44. The van der Waals surface area contributed by atoms with E-state index in [-0.39, 0.29) is 22.9 Å².